The van der Waals surface area contributed by atoms with Gasteiger partial charge in [0.2, 0.25) is 0 Å². The van der Waals surface area contributed by atoms with Gasteiger partial charge >= 0.3 is 5.97 Å². The van der Waals surface area contributed by atoms with Crippen LogP contribution in [-0.2, 0) is 0 Å². The molecule has 1 atom stereocenters. The van der Waals surface area contributed by atoms with E-state index in [9.17, 15) is 9.90 Å². The molecule has 3 nitrogen and oxygen atoms in total. The second-order valence-corrected chi connectivity index (χ2v) is 5.21. The maximum absolute atomic E-state index is 11.3. The van der Waals surface area contributed by atoms with E-state index in [-0.39, 0.29) is 0 Å². The van der Waals surface area contributed by atoms with E-state index in [4.69, 9.17) is 11.6 Å². The predicted molar refractivity (Wildman–Crippen MR) is 73.6 cm³/mol. The van der Waals surface area contributed by atoms with Gasteiger partial charge in [-0.3, -0.25) is 0 Å². The minimum Gasteiger partial charge on any atom is -0.478 e. The molecule has 1 saturated heterocycles. The summed E-state index contributed by atoms with van der Waals surface area (Å²) in [6, 6.07) is 5.08. The second kappa shape index (κ2) is 5.61. The molecule has 1 fully saturated rings. The van der Waals surface area contributed by atoms with E-state index in [2.05, 4.69) is 11.8 Å². The zero-order chi connectivity index (χ0) is 13.1. The lowest BCUT2D eigenvalue weighted by atomic mass is 9.94. The van der Waals surface area contributed by atoms with Crippen LogP contribution in [0.2, 0.25) is 5.02 Å². The summed E-state index contributed by atoms with van der Waals surface area (Å²) in [5, 5.41) is 9.79. The Balaban J connectivity index is 2.34. The van der Waals surface area contributed by atoms with Gasteiger partial charge in [0.1, 0.15) is 0 Å². The molecule has 0 aliphatic carbocycles. The zero-order valence-corrected chi connectivity index (χ0v) is 11.3. The maximum Gasteiger partial charge on any atom is 0.337 e. The van der Waals surface area contributed by atoms with Gasteiger partial charge in [0, 0.05) is 13.1 Å². The van der Waals surface area contributed by atoms with Crippen LogP contribution in [0.25, 0.3) is 0 Å². The SMILES string of the molecule is CCC1CCCN(c2c(Cl)cccc2C(=O)O)C1. The minimum absolute atomic E-state index is 0.305. The number of hydrogen-bond donors (Lipinski definition) is 1. The molecule has 0 spiro atoms. The van der Waals surface area contributed by atoms with Crippen molar-refractivity contribution >= 4 is 23.3 Å². The minimum atomic E-state index is -0.911. The molecule has 1 heterocycles. The zero-order valence-electron chi connectivity index (χ0n) is 10.5. The molecular formula is C14H18ClNO2. The number of anilines is 1. The van der Waals surface area contributed by atoms with Crippen molar-refractivity contribution < 1.29 is 9.90 Å². The van der Waals surface area contributed by atoms with Crippen molar-refractivity contribution in [1.29, 1.82) is 0 Å². The third kappa shape index (κ3) is 2.61. The van der Waals surface area contributed by atoms with Gasteiger partial charge in [0.05, 0.1) is 16.3 Å². The van der Waals surface area contributed by atoms with Gasteiger partial charge in [0.25, 0.3) is 0 Å². The Labute approximate surface area is 112 Å². The summed E-state index contributed by atoms with van der Waals surface area (Å²) in [5.41, 5.74) is 0.990. The number of carboxylic acids is 1. The van der Waals surface area contributed by atoms with Crippen LogP contribution in [0, 0.1) is 5.92 Å². The Bertz CT molecular complexity index is 447. The molecule has 18 heavy (non-hydrogen) atoms. The molecule has 0 aromatic heterocycles. The first-order valence-corrected chi connectivity index (χ1v) is 6.78. The lowest BCUT2D eigenvalue weighted by Crippen LogP contribution is -2.36. The van der Waals surface area contributed by atoms with Crippen LogP contribution in [-0.4, -0.2) is 24.2 Å². The number of para-hydroxylation sites is 1. The van der Waals surface area contributed by atoms with Crippen molar-refractivity contribution in [3.05, 3.63) is 28.8 Å². The lowest BCUT2D eigenvalue weighted by molar-refractivity contribution is 0.0697. The fraction of sp³-hybridized carbons (Fsp3) is 0.500. The molecule has 98 valence electrons. The van der Waals surface area contributed by atoms with Crippen molar-refractivity contribution in [2.24, 2.45) is 5.92 Å². The predicted octanol–water partition coefficient (Wildman–Crippen LogP) is 3.66. The summed E-state index contributed by atoms with van der Waals surface area (Å²) in [7, 11) is 0. The van der Waals surface area contributed by atoms with Crippen LogP contribution < -0.4 is 4.90 Å². The molecule has 1 aromatic carbocycles. The fourth-order valence-corrected chi connectivity index (χ4v) is 2.90. The third-order valence-electron chi connectivity index (χ3n) is 3.63. The second-order valence-electron chi connectivity index (χ2n) is 4.80. The number of rotatable bonds is 3. The quantitative estimate of drug-likeness (QED) is 0.908. The standard InChI is InChI=1S/C14H18ClNO2/c1-2-10-5-4-8-16(9-10)13-11(14(17)18)6-3-7-12(13)15/h3,6-7,10H,2,4-5,8-9H2,1H3,(H,17,18). The molecule has 0 bridgehead atoms. The van der Waals surface area contributed by atoms with E-state index in [0.29, 0.717) is 22.2 Å². The number of nitrogens with zero attached hydrogens (tertiary/aromatic N) is 1. The van der Waals surface area contributed by atoms with E-state index < -0.39 is 5.97 Å². The first kappa shape index (κ1) is 13.2. The Hall–Kier alpha value is -1.22. The van der Waals surface area contributed by atoms with E-state index in [1.165, 1.54) is 6.42 Å². The molecule has 1 N–H and O–H groups in total. The summed E-state index contributed by atoms with van der Waals surface area (Å²) >= 11 is 6.19. The van der Waals surface area contributed by atoms with Crippen molar-refractivity contribution in [1.82, 2.24) is 0 Å². The molecule has 0 saturated carbocycles. The number of hydrogen-bond acceptors (Lipinski definition) is 2. The molecular weight excluding hydrogens is 250 g/mol. The monoisotopic (exact) mass is 267 g/mol. The summed E-state index contributed by atoms with van der Waals surface area (Å²) in [6.45, 7) is 3.97. The highest BCUT2D eigenvalue weighted by Gasteiger charge is 2.24. The van der Waals surface area contributed by atoms with Gasteiger partial charge in [0.15, 0.2) is 0 Å². The highest BCUT2D eigenvalue weighted by molar-refractivity contribution is 6.34. The van der Waals surface area contributed by atoms with Crippen LogP contribution in [0.4, 0.5) is 5.69 Å². The van der Waals surface area contributed by atoms with Crippen molar-refractivity contribution in [2.75, 3.05) is 18.0 Å². The molecule has 1 unspecified atom stereocenters. The summed E-state index contributed by atoms with van der Waals surface area (Å²) in [6.07, 6.45) is 3.45. The molecule has 0 radical (unpaired) electrons. The van der Waals surface area contributed by atoms with Gasteiger partial charge in [-0.25, -0.2) is 4.79 Å². The van der Waals surface area contributed by atoms with Crippen LogP contribution >= 0.6 is 11.6 Å². The number of benzene rings is 1. The van der Waals surface area contributed by atoms with Gasteiger partial charge in [-0.1, -0.05) is 31.0 Å². The van der Waals surface area contributed by atoms with Crippen molar-refractivity contribution in [3.8, 4) is 0 Å². The number of carboxylic acid groups (broad SMARTS) is 1. The first-order valence-electron chi connectivity index (χ1n) is 6.40. The molecule has 0 amide bonds. The van der Waals surface area contributed by atoms with E-state index in [1.54, 1.807) is 18.2 Å². The van der Waals surface area contributed by atoms with Crippen LogP contribution in [0.1, 0.15) is 36.5 Å². The molecule has 2 rings (SSSR count). The number of halogens is 1. The number of carbonyl (C=O) groups is 1. The molecule has 1 aromatic rings. The summed E-state index contributed by atoms with van der Waals surface area (Å²) in [4.78, 5) is 13.4. The topological polar surface area (TPSA) is 40.5 Å². The smallest absolute Gasteiger partial charge is 0.337 e. The van der Waals surface area contributed by atoms with Gasteiger partial charge in [-0.2, -0.15) is 0 Å². The van der Waals surface area contributed by atoms with Crippen LogP contribution in [0.15, 0.2) is 18.2 Å². The fourth-order valence-electron chi connectivity index (χ4n) is 2.61. The molecule has 4 heteroatoms. The Morgan fingerprint density at radius 2 is 2.33 bits per heavy atom. The van der Waals surface area contributed by atoms with Gasteiger partial charge < -0.3 is 10.0 Å². The summed E-state index contributed by atoms with van der Waals surface area (Å²) in [5.74, 6) is -0.275. The third-order valence-corrected chi connectivity index (χ3v) is 3.93. The number of aromatic carboxylic acids is 1. The average molecular weight is 268 g/mol. The van der Waals surface area contributed by atoms with Crippen LogP contribution in [0.3, 0.4) is 0 Å². The van der Waals surface area contributed by atoms with E-state index >= 15 is 0 Å². The normalized spacial score (nSPS) is 19.9. The maximum atomic E-state index is 11.3. The Morgan fingerprint density at radius 3 is 3.00 bits per heavy atom. The first-order chi connectivity index (χ1) is 8.63. The highest BCUT2D eigenvalue weighted by Crippen LogP contribution is 2.33. The van der Waals surface area contributed by atoms with Crippen LogP contribution in [0.5, 0.6) is 0 Å². The van der Waals surface area contributed by atoms with Gasteiger partial charge in [-0.15, -0.1) is 0 Å². The summed E-state index contributed by atoms with van der Waals surface area (Å²) < 4.78 is 0. The molecule has 1 aliphatic rings. The van der Waals surface area contributed by atoms with E-state index in [0.717, 1.165) is 25.9 Å². The average Bonchev–Trinajstić information content (AvgIpc) is 2.38. The Kier molecular flexibility index (Phi) is 4.12. The van der Waals surface area contributed by atoms with E-state index in [1.807, 2.05) is 0 Å². The van der Waals surface area contributed by atoms with Gasteiger partial charge in [-0.05, 0) is 30.9 Å². The molecule has 1 aliphatic heterocycles. The lowest BCUT2D eigenvalue weighted by Gasteiger charge is -2.35. The Morgan fingerprint density at radius 1 is 1.56 bits per heavy atom. The van der Waals surface area contributed by atoms with Crippen molar-refractivity contribution in [2.45, 2.75) is 26.2 Å². The number of piperidine rings is 1. The highest BCUT2D eigenvalue weighted by atomic mass is 35.5. The van der Waals surface area contributed by atoms with Crippen molar-refractivity contribution in [3.63, 3.8) is 0 Å². The largest absolute Gasteiger partial charge is 0.478 e.